The summed E-state index contributed by atoms with van der Waals surface area (Å²) in [7, 11) is 0. The van der Waals surface area contributed by atoms with Crippen LogP contribution in [0.4, 0.5) is 0 Å². The number of aldehydes is 1. The molecule has 0 aromatic carbocycles. The molecule has 0 amide bonds. The van der Waals surface area contributed by atoms with Crippen molar-refractivity contribution in [1.82, 2.24) is 9.97 Å². The molecule has 0 radical (unpaired) electrons. The fraction of sp³-hybridized carbons (Fsp3) is 0. The lowest BCUT2D eigenvalue weighted by molar-refractivity contribution is 0.111. The maximum absolute atomic E-state index is 10.3. The van der Waals surface area contributed by atoms with Gasteiger partial charge in [-0.05, 0) is 6.07 Å². The highest BCUT2D eigenvalue weighted by molar-refractivity contribution is 7.13. The van der Waals surface area contributed by atoms with Crippen molar-refractivity contribution in [3.05, 3.63) is 29.5 Å². The summed E-state index contributed by atoms with van der Waals surface area (Å²) in [6.07, 6.45) is 4.44. The zero-order chi connectivity index (χ0) is 8.39. The number of aromatic nitrogens is 2. The summed E-state index contributed by atoms with van der Waals surface area (Å²) in [4.78, 5) is 17.4. The Balaban J connectivity index is 2.41. The first-order chi connectivity index (χ1) is 5.90. The minimum atomic E-state index is 0.496. The minimum absolute atomic E-state index is 0.496. The number of carbonyl (C=O) groups is 1. The van der Waals surface area contributed by atoms with Gasteiger partial charge in [0.1, 0.15) is 10.7 Å². The van der Waals surface area contributed by atoms with Gasteiger partial charge in [-0.3, -0.25) is 4.79 Å². The van der Waals surface area contributed by atoms with Crippen LogP contribution in [-0.2, 0) is 0 Å². The lowest BCUT2D eigenvalue weighted by Gasteiger charge is -1.84. The molecule has 0 atom stereocenters. The zero-order valence-corrected chi connectivity index (χ0v) is 6.97. The first kappa shape index (κ1) is 7.24. The van der Waals surface area contributed by atoms with Gasteiger partial charge in [0, 0.05) is 23.3 Å². The molecule has 2 aromatic heterocycles. The number of hydrogen-bond acceptors (Lipinski definition) is 3. The molecule has 60 valence electrons. The van der Waals surface area contributed by atoms with E-state index in [9.17, 15) is 4.79 Å². The molecule has 0 aliphatic carbocycles. The van der Waals surface area contributed by atoms with Crippen LogP contribution in [0.3, 0.4) is 0 Å². The third kappa shape index (κ3) is 1.16. The van der Waals surface area contributed by atoms with E-state index >= 15 is 0 Å². The molecular formula is C8H6N2OS. The van der Waals surface area contributed by atoms with Crippen molar-refractivity contribution >= 4 is 17.6 Å². The summed E-state index contributed by atoms with van der Waals surface area (Å²) in [5.74, 6) is 0. The Hall–Kier alpha value is -1.42. The van der Waals surface area contributed by atoms with E-state index in [1.165, 1.54) is 11.3 Å². The summed E-state index contributed by atoms with van der Waals surface area (Å²) in [6.45, 7) is 0. The Morgan fingerprint density at radius 2 is 2.50 bits per heavy atom. The van der Waals surface area contributed by atoms with Gasteiger partial charge in [0.2, 0.25) is 0 Å². The van der Waals surface area contributed by atoms with Gasteiger partial charge in [-0.1, -0.05) is 0 Å². The molecule has 0 aliphatic rings. The van der Waals surface area contributed by atoms with Crippen molar-refractivity contribution < 1.29 is 4.79 Å². The Kier molecular flexibility index (Phi) is 1.75. The number of rotatable bonds is 2. The van der Waals surface area contributed by atoms with Crippen LogP contribution in [0.2, 0.25) is 0 Å². The van der Waals surface area contributed by atoms with Crippen LogP contribution in [0.15, 0.2) is 23.8 Å². The maximum Gasteiger partial charge on any atom is 0.169 e. The molecule has 3 nitrogen and oxygen atoms in total. The second-order valence-electron chi connectivity index (χ2n) is 2.30. The predicted molar refractivity (Wildman–Crippen MR) is 47.3 cm³/mol. The molecule has 0 saturated carbocycles. The number of hydrogen-bond donors (Lipinski definition) is 1. The fourth-order valence-corrected chi connectivity index (χ4v) is 1.69. The molecule has 4 heteroatoms. The second kappa shape index (κ2) is 2.91. The monoisotopic (exact) mass is 178 g/mol. The lowest BCUT2D eigenvalue weighted by atomic mass is 10.4. The van der Waals surface area contributed by atoms with Gasteiger partial charge in [0.25, 0.3) is 0 Å². The fourth-order valence-electron chi connectivity index (χ4n) is 0.930. The van der Waals surface area contributed by atoms with Crippen LogP contribution in [0.5, 0.6) is 0 Å². The van der Waals surface area contributed by atoms with Crippen LogP contribution >= 0.6 is 11.3 Å². The van der Waals surface area contributed by atoms with E-state index in [1.54, 1.807) is 5.38 Å². The van der Waals surface area contributed by atoms with Gasteiger partial charge in [-0.2, -0.15) is 0 Å². The van der Waals surface area contributed by atoms with Gasteiger partial charge >= 0.3 is 0 Å². The molecule has 2 rings (SSSR count). The Bertz CT molecular complexity index is 377. The van der Waals surface area contributed by atoms with Crippen LogP contribution < -0.4 is 0 Å². The number of carbonyl (C=O) groups excluding carboxylic acids is 1. The Labute approximate surface area is 73.1 Å². The quantitative estimate of drug-likeness (QED) is 0.714. The van der Waals surface area contributed by atoms with E-state index in [4.69, 9.17) is 0 Å². The number of aromatic amines is 1. The number of H-pyrrole nitrogens is 1. The molecule has 0 fully saturated rings. The van der Waals surface area contributed by atoms with Gasteiger partial charge in [-0.15, -0.1) is 11.3 Å². The third-order valence-corrected chi connectivity index (χ3v) is 2.40. The van der Waals surface area contributed by atoms with Gasteiger partial charge in [0.15, 0.2) is 6.29 Å². The van der Waals surface area contributed by atoms with Crippen molar-refractivity contribution in [1.29, 1.82) is 0 Å². The standard InChI is InChI=1S/C8H6N2OS/c11-4-7-5-12-8(10-7)6-1-2-9-3-6/h1-5,9H. The van der Waals surface area contributed by atoms with Gasteiger partial charge in [0.05, 0.1) is 0 Å². The molecule has 1 N–H and O–H groups in total. The normalized spacial score (nSPS) is 10.0. The summed E-state index contributed by atoms with van der Waals surface area (Å²) in [6, 6.07) is 1.92. The first-order valence-corrected chi connectivity index (χ1v) is 4.32. The van der Waals surface area contributed by atoms with Gasteiger partial charge in [-0.25, -0.2) is 4.98 Å². The molecule has 0 unspecified atom stereocenters. The molecule has 0 saturated heterocycles. The van der Waals surface area contributed by atoms with Crippen LogP contribution in [0.1, 0.15) is 10.5 Å². The van der Waals surface area contributed by atoms with Gasteiger partial charge < -0.3 is 4.98 Å². The molecule has 12 heavy (non-hydrogen) atoms. The average Bonchev–Trinajstić information content (AvgIpc) is 2.75. The van der Waals surface area contributed by atoms with E-state index < -0.39 is 0 Å². The predicted octanol–water partition coefficient (Wildman–Crippen LogP) is 1.95. The SMILES string of the molecule is O=Cc1csc(-c2cc[nH]c2)n1. The summed E-state index contributed by atoms with van der Waals surface area (Å²) in [5, 5.41) is 2.62. The summed E-state index contributed by atoms with van der Waals surface area (Å²) in [5.41, 5.74) is 1.52. The molecule has 2 aromatic rings. The van der Waals surface area contributed by atoms with Crippen molar-refractivity contribution in [2.45, 2.75) is 0 Å². The summed E-state index contributed by atoms with van der Waals surface area (Å²) < 4.78 is 0. The van der Waals surface area contributed by atoms with E-state index in [0.717, 1.165) is 16.9 Å². The Morgan fingerprint density at radius 3 is 3.08 bits per heavy atom. The zero-order valence-electron chi connectivity index (χ0n) is 6.15. The lowest BCUT2D eigenvalue weighted by Crippen LogP contribution is -1.77. The highest BCUT2D eigenvalue weighted by Crippen LogP contribution is 2.21. The van der Waals surface area contributed by atoms with Crippen molar-refractivity contribution in [2.24, 2.45) is 0 Å². The summed E-state index contributed by atoms with van der Waals surface area (Å²) >= 11 is 1.47. The number of nitrogens with zero attached hydrogens (tertiary/aromatic N) is 1. The highest BCUT2D eigenvalue weighted by Gasteiger charge is 2.02. The maximum atomic E-state index is 10.3. The number of thiazole rings is 1. The van der Waals surface area contributed by atoms with E-state index in [2.05, 4.69) is 9.97 Å². The van der Waals surface area contributed by atoms with Crippen molar-refractivity contribution in [3.8, 4) is 10.6 Å². The van der Waals surface area contributed by atoms with Crippen molar-refractivity contribution in [3.63, 3.8) is 0 Å². The van der Waals surface area contributed by atoms with E-state index in [1.807, 2.05) is 18.5 Å². The number of nitrogens with one attached hydrogen (secondary N) is 1. The molecule has 0 aliphatic heterocycles. The van der Waals surface area contributed by atoms with Crippen molar-refractivity contribution in [2.75, 3.05) is 0 Å². The van der Waals surface area contributed by atoms with Crippen LogP contribution in [-0.4, -0.2) is 16.3 Å². The second-order valence-corrected chi connectivity index (χ2v) is 3.15. The average molecular weight is 178 g/mol. The van der Waals surface area contributed by atoms with Crippen LogP contribution in [0, 0.1) is 0 Å². The molecule has 0 bridgehead atoms. The smallest absolute Gasteiger partial charge is 0.169 e. The molecule has 2 heterocycles. The third-order valence-electron chi connectivity index (χ3n) is 1.49. The molecular weight excluding hydrogens is 172 g/mol. The highest BCUT2D eigenvalue weighted by atomic mass is 32.1. The largest absolute Gasteiger partial charge is 0.367 e. The minimum Gasteiger partial charge on any atom is -0.367 e. The molecule has 0 spiro atoms. The topological polar surface area (TPSA) is 45.8 Å². The van der Waals surface area contributed by atoms with E-state index in [-0.39, 0.29) is 0 Å². The Morgan fingerprint density at radius 1 is 1.58 bits per heavy atom. The van der Waals surface area contributed by atoms with Crippen LogP contribution in [0.25, 0.3) is 10.6 Å². The van der Waals surface area contributed by atoms with E-state index in [0.29, 0.717) is 5.69 Å². The first-order valence-electron chi connectivity index (χ1n) is 3.44.